The molecule has 0 aliphatic carbocycles. The van der Waals surface area contributed by atoms with E-state index in [9.17, 15) is 4.79 Å². The normalized spacial score (nSPS) is 10.8. The summed E-state index contributed by atoms with van der Waals surface area (Å²) in [6.45, 7) is 2.89. The van der Waals surface area contributed by atoms with Crippen LogP contribution >= 0.6 is 0 Å². The molecule has 1 amide bonds. The lowest BCUT2D eigenvalue weighted by molar-refractivity contribution is -0.117. The Kier molecular flexibility index (Phi) is 6.64. The van der Waals surface area contributed by atoms with E-state index < -0.39 is 0 Å². The Bertz CT molecular complexity index is 278. The van der Waals surface area contributed by atoms with E-state index in [0.29, 0.717) is 11.5 Å². The Hall–Kier alpha value is -1.83. The molecule has 0 heterocycles. The van der Waals surface area contributed by atoms with E-state index in [2.05, 4.69) is 27.2 Å². The number of amides is 1. The largest absolute Gasteiger partial charge is 0.381 e. The van der Waals surface area contributed by atoms with Crippen molar-refractivity contribution in [1.82, 2.24) is 21.3 Å². The smallest absolute Gasteiger partial charge is 0.271 e. The number of carbonyl (C=O) groups is 1. The maximum atomic E-state index is 11.6. The zero-order valence-electron chi connectivity index (χ0n) is 9.40. The number of terminal acetylenes is 1. The Morgan fingerprint density at radius 3 is 2.33 bits per heavy atom. The predicted octanol–water partition coefficient (Wildman–Crippen LogP) is -1.05. The number of hydrogen-bond donors (Lipinski definition) is 4. The molecular formula is C10H18N4O. The highest BCUT2D eigenvalue weighted by molar-refractivity contribution is 5.93. The van der Waals surface area contributed by atoms with Crippen LogP contribution in [0.3, 0.4) is 0 Å². The van der Waals surface area contributed by atoms with Crippen molar-refractivity contribution in [2.45, 2.75) is 6.92 Å². The second-order valence-corrected chi connectivity index (χ2v) is 2.67. The Morgan fingerprint density at radius 1 is 1.27 bits per heavy atom. The summed E-state index contributed by atoms with van der Waals surface area (Å²) in [5, 5.41) is 11.3. The minimum atomic E-state index is -0.235. The fourth-order valence-corrected chi connectivity index (χ4v) is 1.05. The third-order valence-electron chi connectivity index (χ3n) is 1.68. The first kappa shape index (κ1) is 13.2. The maximum Gasteiger partial charge on any atom is 0.271 e. The summed E-state index contributed by atoms with van der Waals surface area (Å²) in [4.78, 5) is 11.6. The van der Waals surface area contributed by atoms with Crippen LogP contribution in [-0.4, -0.2) is 33.1 Å². The van der Waals surface area contributed by atoms with Crippen LogP contribution in [0.5, 0.6) is 0 Å². The molecule has 0 saturated carbocycles. The molecule has 0 rings (SSSR count). The summed E-state index contributed by atoms with van der Waals surface area (Å²) in [6.07, 6.45) is 5.05. The molecule has 0 aliphatic heterocycles. The number of nitrogens with one attached hydrogen (secondary N) is 4. The van der Waals surface area contributed by atoms with Crippen molar-refractivity contribution in [2.24, 2.45) is 0 Å². The predicted molar refractivity (Wildman–Crippen MR) is 60.7 cm³/mol. The van der Waals surface area contributed by atoms with Gasteiger partial charge in [0.1, 0.15) is 11.5 Å². The van der Waals surface area contributed by atoms with Gasteiger partial charge < -0.3 is 21.3 Å². The van der Waals surface area contributed by atoms with E-state index in [0.717, 1.165) is 6.54 Å². The quantitative estimate of drug-likeness (QED) is 0.334. The van der Waals surface area contributed by atoms with Gasteiger partial charge in [-0.1, -0.05) is 5.92 Å². The first-order chi connectivity index (χ1) is 7.21. The number of carbonyl (C=O) groups excluding carboxylic acids is 1. The van der Waals surface area contributed by atoms with Crippen LogP contribution in [0.25, 0.3) is 0 Å². The van der Waals surface area contributed by atoms with E-state index in [-0.39, 0.29) is 12.5 Å². The Balaban J connectivity index is 4.68. The highest BCUT2D eigenvalue weighted by Crippen LogP contribution is 1.93. The minimum absolute atomic E-state index is 0.215. The van der Waals surface area contributed by atoms with Crippen LogP contribution in [0, 0.1) is 12.3 Å². The summed E-state index contributed by atoms with van der Waals surface area (Å²) in [5.74, 6) is 2.76. The van der Waals surface area contributed by atoms with Crippen molar-refractivity contribution in [3.8, 4) is 12.3 Å². The van der Waals surface area contributed by atoms with E-state index in [1.807, 2.05) is 6.92 Å². The second-order valence-electron chi connectivity index (χ2n) is 2.67. The van der Waals surface area contributed by atoms with Crippen molar-refractivity contribution < 1.29 is 4.79 Å². The second kappa shape index (κ2) is 7.56. The van der Waals surface area contributed by atoms with Gasteiger partial charge in [-0.2, -0.15) is 0 Å². The molecule has 15 heavy (non-hydrogen) atoms. The average molecular weight is 210 g/mol. The number of likely N-dealkylation sites (N-methyl/N-ethyl adjacent to an activating group) is 1. The average Bonchev–Trinajstić information content (AvgIpc) is 2.26. The molecule has 0 fully saturated rings. The van der Waals surface area contributed by atoms with Gasteiger partial charge in [0.05, 0.1) is 6.54 Å². The lowest BCUT2D eigenvalue weighted by Crippen LogP contribution is -2.37. The first-order valence-electron chi connectivity index (χ1n) is 4.76. The molecule has 0 aromatic carbocycles. The van der Waals surface area contributed by atoms with Gasteiger partial charge in [-0.15, -0.1) is 6.42 Å². The molecule has 0 bridgehead atoms. The molecule has 0 aromatic heterocycles. The summed E-state index contributed by atoms with van der Waals surface area (Å²) >= 11 is 0. The van der Waals surface area contributed by atoms with E-state index in [4.69, 9.17) is 6.42 Å². The van der Waals surface area contributed by atoms with E-state index in [1.54, 1.807) is 14.1 Å². The minimum Gasteiger partial charge on any atom is -0.381 e. The highest BCUT2D eigenvalue weighted by Gasteiger charge is 2.11. The van der Waals surface area contributed by atoms with Gasteiger partial charge in [0, 0.05) is 20.6 Å². The van der Waals surface area contributed by atoms with Crippen molar-refractivity contribution in [1.29, 1.82) is 0 Å². The SMILES string of the molecule is C#CCNC(=O)/C(NC)=C(/NC)NCC. The summed E-state index contributed by atoms with van der Waals surface area (Å²) < 4.78 is 0. The van der Waals surface area contributed by atoms with E-state index in [1.165, 1.54) is 0 Å². The zero-order chi connectivity index (χ0) is 11.7. The zero-order valence-corrected chi connectivity index (χ0v) is 9.40. The third-order valence-corrected chi connectivity index (χ3v) is 1.68. The third kappa shape index (κ3) is 4.27. The summed E-state index contributed by atoms with van der Waals surface area (Å²) in [5.41, 5.74) is 0.439. The molecule has 5 heteroatoms. The molecule has 5 nitrogen and oxygen atoms in total. The topological polar surface area (TPSA) is 65.2 Å². The fraction of sp³-hybridized carbons (Fsp3) is 0.500. The monoisotopic (exact) mass is 210 g/mol. The van der Waals surface area contributed by atoms with Gasteiger partial charge in [-0.05, 0) is 6.92 Å². The van der Waals surface area contributed by atoms with E-state index >= 15 is 0 Å². The van der Waals surface area contributed by atoms with Crippen molar-refractivity contribution >= 4 is 5.91 Å². The number of hydrogen-bond acceptors (Lipinski definition) is 4. The molecule has 0 saturated heterocycles. The molecule has 0 aromatic rings. The Morgan fingerprint density at radius 2 is 1.93 bits per heavy atom. The van der Waals surface area contributed by atoms with Gasteiger partial charge in [0.15, 0.2) is 0 Å². The maximum absolute atomic E-state index is 11.6. The van der Waals surface area contributed by atoms with Crippen LogP contribution in [-0.2, 0) is 4.79 Å². The lowest BCUT2D eigenvalue weighted by Gasteiger charge is -2.14. The first-order valence-corrected chi connectivity index (χ1v) is 4.76. The van der Waals surface area contributed by atoms with Crippen LogP contribution in [0.2, 0.25) is 0 Å². The highest BCUT2D eigenvalue weighted by atomic mass is 16.2. The van der Waals surface area contributed by atoms with Gasteiger partial charge in [0.2, 0.25) is 0 Å². The van der Waals surface area contributed by atoms with Crippen molar-refractivity contribution in [3.05, 3.63) is 11.5 Å². The molecule has 0 unspecified atom stereocenters. The molecule has 0 radical (unpaired) electrons. The van der Waals surface area contributed by atoms with Crippen molar-refractivity contribution in [2.75, 3.05) is 27.2 Å². The molecule has 0 spiro atoms. The van der Waals surface area contributed by atoms with Crippen LogP contribution in [0.4, 0.5) is 0 Å². The molecule has 84 valence electrons. The van der Waals surface area contributed by atoms with Gasteiger partial charge in [0.25, 0.3) is 5.91 Å². The molecule has 4 N–H and O–H groups in total. The molecule has 0 aliphatic rings. The summed E-state index contributed by atoms with van der Waals surface area (Å²) in [6, 6.07) is 0. The molecule has 0 atom stereocenters. The van der Waals surface area contributed by atoms with Crippen LogP contribution in [0.1, 0.15) is 6.92 Å². The van der Waals surface area contributed by atoms with Crippen LogP contribution in [0.15, 0.2) is 11.5 Å². The Labute approximate surface area is 90.7 Å². The fourth-order valence-electron chi connectivity index (χ4n) is 1.05. The van der Waals surface area contributed by atoms with Crippen molar-refractivity contribution in [3.63, 3.8) is 0 Å². The van der Waals surface area contributed by atoms with Gasteiger partial charge in [-0.3, -0.25) is 4.79 Å². The standard InChI is InChI=1S/C10H18N4O/c1-5-7-14-10(15)8(11-3)9(12-4)13-6-2/h1,11-13H,6-7H2,2-4H3,(H,14,15)/b9-8+. The molecular weight excluding hydrogens is 192 g/mol. The lowest BCUT2D eigenvalue weighted by atomic mass is 10.3. The number of rotatable bonds is 6. The van der Waals surface area contributed by atoms with Gasteiger partial charge >= 0.3 is 0 Å². The van der Waals surface area contributed by atoms with Gasteiger partial charge in [-0.25, -0.2) is 0 Å². The summed E-state index contributed by atoms with van der Waals surface area (Å²) in [7, 11) is 3.42. The van der Waals surface area contributed by atoms with Crippen LogP contribution < -0.4 is 21.3 Å².